The number of pyridine rings is 1. The van der Waals surface area contributed by atoms with Crippen molar-refractivity contribution in [3.8, 4) is 17.2 Å². The third kappa shape index (κ3) is 4.16. The molecule has 6 nitrogen and oxygen atoms in total. The van der Waals surface area contributed by atoms with Gasteiger partial charge in [-0.2, -0.15) is 0 Å². The fourth-order valence-corrected chi connectivity index (χ4v) is 5.74. The maximum Gasteiger partial charge on any atom is 1.00 e. The van der Waals surface area contributed by atoms with Gasteiger partial charge in [0, 0.05) is 35.6 Å². The van der Waals surface area contributed by atoms with Crippen LogP contribution in [-0.2, 0) is 4.74 Å². The van der Waals surface area contributed by atoms with Crippen LogP contribution in [0.4, 0.5) is 0 Å². The molecule has 2 aromatic carbocycles. The summed E-state index contributed by atoms with van der Waals surface area (Å²) in [6, 6.07) is 13.1. The van der Waals surface area contributed by atoms with E-state index in [0.29, 0.717) is 52.5 Å². The molecule has 174 valence electrons. The van der Waals surface area contributed by atoms with Gasteiger partial charge < -0.3 is 23.8 Å². The van der Waals surface area contributed by atoms with Crippen LogP contribution in [0.25, 0.3) is 33.3 Å². The van der Waals surface area contributed by atoms with Crippen LogP contribution in [0.1, 0.15) is 34.3 Å². The molecule has 0 spiro atoms. The van der Waals surface area contributed by atoms with E-state index in [1.165, 1.54) is 12.8 Å². The minimum Gasteiger partial charge on any atom is -0.545 e. The predicted molar refractivity (Wildman–Crippen MR) is 127 cm³/mol. The maximum atomic E-state index is 12.3. The zero-order valence-corrected chi connectivity index (χ0v) is 22.3. The van der Waals surface area contributed by atoms with Crippen molar-refractivity contribution in [2.75, 3.05) is 19.8 Å². The Balaban J connectivity index is 0.00000253. The number of furan rings is 1. The van der Waals surface area contributed by atoms with E-state index in [9.17, 15) is 9.90 Å². The summed E-state index contributed by atoms with van der Waals surface area (Å²) in [5, 5.41) is 13.8. The van der Waals surface area contributed by atoms with Gasteiger partial charge in [0.2, 0.25) is 0 Å². The smallest absolute Gasteiger partial charge is 0.545 e. The summed E-state index contributed by atoms with van der Waals surface area (Å²) in [7, 11) is 0. The Morgan fingerprint density at radius 1 is 1.11 bits per heavy atom. The number of carbonyl (C=O) groups excluding carboxylic acids is 1. The first-order valence-corrected chi connectivity index (χ1v) is 11.9. The number of nitrogens with zero attached hydrogens (tertiary/aromatic N) is 1. The fraction of sp³-hybridized carbons (Fsp3) is 0.357. The van der Waals surface area contributed by atoms with Gasteiger partial charge in [0.1, 0.15) is 17.0 Å². The first-order valence-electron chi connectivity index (χ1n) is 11.9. The number of hydrogen-bond donors (Lipinski definition) is 0. The largest absolute Gasteiger partial charge is 1.00 e. The number of aromatic nitrogens is 1. The SMILES string of the molecule is Cc1c(-c2cc(C(=O)[O-])c3c(OCC4[C@@H]5CC[C@H]4COC5)ccc(C)c3n2)oc2ccccc12.[Na+]. The van der Waals surface area contributed by atoms with Crippen molar-refractivity contribution in [1.29, 1.82) is 0 Å². The van der Waals surface area contributed by atoms with E-state index in [2.05, 4.69) is 0 Å². The summed E-state index contributed by atoms with van der Waals surface area (Å²) in [5.41, 5.74) is 3.66. The second-order valence-electron chi connectivity index (χ2n) is 9.61. The number of aromatic carboxylic acids is 1. The molecular weight excluding hydrogens is 453 g/mol. The first kappa shape index (κ1) is 24.3. The van der Waals surface area contributed by atoms with Crippen LogP contribution in [0.3, 0.4) is 0 Å². The van der Waals surface area contributed by atoms with Gasteiger partial charge in [0.15, 0.2) is 5.76 Å². The normalized spacial score (nSPS) is 21.3. The second kappa shape index (κ2) is 9.58. The molecule has 35 heavy (non-hydrogen) atoms. The maximum absolute atomic E-state index is 12.3. The number of carbonyl (C=O) groups is 1. The summed E-state index contributed by atoms with van der Waals surface area (Å²) in [6.07, 6.45) is 2.33. The summed E-state index contributed by atoms with van der Waals surface area (Å²) in [6.45, 7) is 6.00. The van der Waals surface area contributed by atoms with Gasteiger partial charge in [-0.3, -0.25) is 0 Å². The molecule has 1 saturated heterocycles. The van der Waals surface area contributed by atoms with Gasteiger partial charge >= 0.3 is 29.6 Å². The van der Waals surface area contributed by atoms with Crippen molar-refractivity contribution in [1.82, 2.24) is 4.98 Å². The van der Waals surface area contributed by atoms with Gasteiger partial charge in [-0.05, 0) is 62.3 Å². The number of carboxylic acids is 1. The van der Waals surface area contributed by atoms with E-state index < -0.39 is 5.97 Å². The molecule has 6 rings (SSSR count). The van der Waals surface area contributed by atoms with Crippen LogP contribution < -0.4 is 39.4 Å². The monoisotopic (exact) mass is 479 g/mol. The summed E-state index contributed by atoms with van der Waals surface area (Å²) in [5.74, 6) is 1.29. The number of para-hydroxylation sites is 1. The van der Waals surface area contributed by atoms with Gasteiger partial charge in [-0.1, -0.05) is 24.3 Å². The van der Waals surface area contributed by atoms with Crippen LogP contribution in [0.2, 0.25) is 0 Å². The average Bonchev–Trinajstić information content (AvgIpc) is 3.28. The number of carboxylic acid groups (broad SMARTS) is 1. The quantitative estimate of drug-likeness (QED) is 0.405. The molecule has 0 N–H and O–H groups in total. The standard InChI is InChI=1S/C28H27NO5.Na/c1-15-7-10-24(33-14-21-17-8-9-18(21)13-32-12-17)25-20(28(30)31)11-22(29-26(15)25)27-16(2)19-5-3-4-6-23(19)34-27;/h3-7,10-11,17-18,21H,8-9,12-14H2,1-2H3,(H,30,31);/q;+1/p-1/t17-,18+,21?;. The third-order valence-corrected chi connectivity index (χ3v) is 7.63. The number of ether oxygens (including phenoxy) is 2. The van der Waals surface area contributed by atoms with E-state index in [-0.39, 0.29) is 35.1 Å². The van der Waals surface area contributed by atoms with Crippen molar-refractivity contribution < 1.29 is 53.3 Å². The third-order valence-electron chi connectivity index (χ3n) is 7.63. The van der Waals surface area contributed by atoms with Crippen molar-refractivity contribution in [2.45, 2.75) is 26.7 Å². The van der Waals surface area contributed by atoms with Crippen molar-refractivity contribution in [3.05, 3.63) is 59.2 Å². The molecule has 0 radical (unpaired) electrons. The Labute approximate surface area is 225 Å². The molecule has 1 aliphatic heterocycles. The van der Waals surface area contributed by atoms with Gasteiger partial charge in [0.25, 0.3) is 0 Å². The number of benzene rings is 2. The second-order valence-corrected chi connectivity index (χ2v) is 9.61. The molecule has 3 atom stereocenters. The Bertz CT molecular complexity index is 1410. The van der Waals surface area contributed by atoms with E-state index in [0.717, 1.165) is 35.3 Å². The molecule has 7 heteroatoms. The van der Waals surface area contributed by atoms with E-state index in [1.54, 1.807) is 6.07 Å². The van der Waals surface area contributed by atoms with E-state index in [4.69, 9.17) is 18.9 Å². The van der Waals surface area contributed by atoms with Gasteiger partial charge in [-0.25, -0.2) is 4.98 Å². The Morgan fingerprint density at radius 3 is 2.57 bits per heavy atom. The van der Waals surface area contributed by atoms with Crippen molar-refractivity contribution >= 4 is 27.8 Å². The Hall–Kier alpha value is -2.38. The predicted octanol–water partition coefficient (Wildman–Crippen LogP) is 1.68. The molecule has 4 aromatic rings. The molecule has 1 unspecified atom stereocenters. The molecule has 1 aliphatic carbocycles. The summed E-state index contributed by atoms with van der Waals surface area (Å²) in [4.78, 5) is 17.2. The van der Waals surface area contributed by atoms with Gasteiger partial charge in [0.05, 0.1) is 23.5 Å². The molecule has 2 bridgehead atoms. The number of aryl methyl sites for hydroxylation is 2. The minimum absolute atomic E-state index is 0. The molecule has 2 fully saturated rings. The van der Waals surface area contributed by atoms with Crippen molar-refractivity contribution in [3.63, 3.8) is 0 Å². The number of hydrogen-bond acceptors (Lipinski definition) is 6. The fourth-order valence-electron chi connectivity index (χ4n) is 5.74. The molecule has 2 aromatic heterocycles. The van der Waals surface area contributed by atoms with Crippen molar-refractivity contribution in [2.24, 2.45) is 17.8 Å². The minimum atomic E-state index is -1.26. The average molecular weight is 480 g/mol. The molecule has 1 saturated carbocycles. The van der Waals surface area contributed by atoms with E-state index in [1.807, 2.05) is 50.2 Å². The van der Waals surface area contributed by atoms with Gasteiger partial charge in [-0.15, -0.1) is 0 Å². The van der Waals surface area contributed by atoms with Crippen LogP contribution in [0, 0.1) is 31.6 Å². The first-order chi connectivity index (χ1) is 16.5. The summed E-state index contributed by atoms with van der Waals surface area (Å²) < 4.78 is 18.1. The van der Waals surface area contributed by atoms with Crippen LogP contribution in [-0.4, -0.2) is 30.8 Å². The van der Waals surface area contributed by atoms with E-state index >= 15 is 0 Å². The number of fused-ring (bicyclic) bond motifs is 4. The van der Waals surface area contributed by atoms with Crippen LogP contribution in [0.15, 0.2) is 46.9 Å². The topological polar surface area (TPSA) is 84.6 Å². The van der Waals surface area contributed by atoms with Crippen LogP contribution in [0.5, 0.6) is 5.75 Å². The Kier molecular flexibility index (Phi) is 6.66. The zero-order chi connectivity index (χ0) is 23.4. The van der Waals surface area contributed by atoms with Crippen LogP contribution >= 0.6 is 0 Å². The molecule has 3 heterocycles. The number of rotatable bonds is 5. The zero-order valence-electron chi connectivity index (χ0n) is 20.3. The molecular formula is C28H26NNaO5. The molecule has 2 aliphatic rings. The molecule has 0 amide bonds. The Morgan fingerprint density at radius 2 is 1.86 bits per heavy atom. The summed E-state index contributed by atoms with van der Waals surface area (Å²) >= 11 is 0.